The minimum Gasteiger partial charge on any atom is -0.434 e. The first-order valence-electron chi connectivity index (χ1n) is 7.88. The van der Waals surface area contributed by atoms with Crippen LogP contribution in [0.5, 0.6) is 0 Å². The standard InChI is InChI=1S/C17H23NO5/c1-11(2)9-22-17(20)23-16(19)14-4-5-15(21-10-14)13-6-7-18-12(3)8-13/h6-8,11,14-15H,4-5,9-10H2,1-3H3. The maximum Gasteiger partial charge on any atom is 0.516 e. The number of rotatable bonds is 4. The smallest absolute Gasteiger partial charge is 0.434 e. The topological polar surface area (TPSA) is 74.7 Å². The van der Waals surface area contributed by atoms with Crippen molar-refractivity contribution in [2.45, 2.75) is 39.7 Å². The van der Waals surface area contributed by atoms with Gasteiger partial charge in [-0.1, -0.05) is 13.8 Å². The molecule has 126 valence electrons. The Balaban J connectivity index is 1.79. The van der Waals surface area contributed by atoms with E-state index in [1.54, 1.807) is 6.20 Å². The average Bonchev–Trinajstić information content (AvgIpc) is 2.53. The molecule has 2 atom stereocenters. The van der Waals surface area contributed by atoms with Crippen LogP contribution < -0.4 is 0 Å². The molecule has 1 fully saturated rings. The van der Waals surface area contributed by atoms with Gasteiger partial charge in [-0.05, 0) is 43.4 Å². The number of nitrogens with zero attached hydrogens (tertiary/aromatic N) is 1. The van der Waals surface area contributed by atoms with Crippen LogP contribution in [0, 0.1) is 18.8 Å². The lowest BCUT2D eigenvalue weighted by Gasteiger charge is -2.27. The van der Waals surface area contributed by atoms with Crippen LogP contribution in [0.2, 0.25) is 0 Å². The Bertz CT molecular complexity index is 550. The number of esters is 1. The van der Waals surface area contributed by atoms with Gasteiger partial charge in [0.05, 0.1) is 25.2 Å². The molecule has 23 heavy (non-hydrogen) atoms. The number of aromatic nitrogens is 1. The van der Waals surface area contributed by atoms with Crippen molar-refractivity contribution in [3.05, 3.63) is 29.6 Å². The molecule has 2 unspecified atom stereocenters. The van der Waals surface area contributed by atoms with E-state index in [-0.39, 0.29) is 25.2 Å². The van der Waals surface area contributed by atoms with Gasteiger partial charge in [0.1, 0.15) is 0 Å². The first-order valence-corrected chi connectivity index (χ1v) is 7.88. The van der Waals surface area contributed by atoms with Crippen LogP contribution in [0.15, 0.2) is 18.3 Å². The second kappa shape index (κ2) is 8.06. The summed E-state index contributed by atoms with van der Waals surface area (Å²) in [4.78, 5) is 27.5. The van der Waals surface area contributed by atoms with E-state index in [9.17, 15) is 9.59 Å². The summed E-state index contributed by atoms with van der Waals surface area (Å²) in [6.07, 6.45) is 2.08. The minimum atomic E-state index is -0.935. The first kappa shape index (κ1) is 17.4. The van der Waals surface area contributed by atoms with Gasteiger partial charge in [0.2, 0.25) is 0 Å². The maximum atomic E-state index is 11.9. The largest absolute Gasteiger partial charge is 0.516 e. The number of hydrogen-bond donors (Lipinski definition) is 0. The summed E-state index contributed by atoms with van der Waals surface area (Å²) in [5, 5.41) is 0. The Morgan fingerprint density at radius 3 is 2.78 bits per heavy atom. The number of carbonyl (C=O) groups excluding carboxylic acids is 2. The molecule has 0 radical (unpaired) electrons. The Kier molecular flexibility index (Phi) is 6.10. The predicted octanol–water partition coefficient (Wildman–Crippen LogP) is 3.19. The zero-order chi connectivity index (χ0) is 16.8. The van der Waals surface area contributed by atoms with Crippen molar-refractivity contribution in [2.24, 2.45) is 11.8 Å². The van der Waals surface area contributed by atoms with Crippen LogP contribution in [0.4, 0.5) is 4.79 Å². The van der Waals surface area contributed by atoms with Crippen LogP contribution >= 0.6 is 0 Å². The predicted molar refractivity (Wildman–Crippen MR) is 82.7 cm³/mol. The van der Waals surface area contributed by atoms with E-state index in [1.807, 2.05) is 32.9 Å². The summed E-state index contributed by atoms with van der Waals surface area (Å²) >= 11 is 0. The maximum absolute atomic E-state index is 11.9. The lowest BCUT2D eigenvalue weighted by molar-refractivity contribution is -0.151. The Morgan fingerprint density at radius 2 is 2.17 bits per heavy atom. The van der Waals surface area contributed by atoms with E-state index in [4.69, 9.17) is 14.2 Å². The van der Waals surface area contributed by atoms with E-state index in [0.29, 0.717) is 12.8 Å². The molecule has 1 saturated heterocycles. The minimum absolute atomic E-state index is 0.0476. The number of pyridine rings is 1. The highest BCUT2D eigenvalue weighted by Gasteiger charge is 2.30. The molecule has 0 amide bonds. The van der Waals surface area contributed by atoms with Crippen molar-refractivity contribution in [2.75, 3.05) is 13.2 Å². The molecule has 6 heteroatoms. The molecule has 0 spiro atoms. The quantitative estimate of drug-likeness (QED) is 0.626. The van der Waals surface area contributed by atoms with Gasteiger partial charge in [0, 0.05) is 11.9 Å². The SMILES string of the molecule is Cc1cc(C2CCC(C(=O)OC(=O)OCC(C)C)CO2)ccn1. The molecule has 0 aromatic carbocycles. The van der Waals surface area contributed by atoms with Crippen molar-refractivity contribution in [1.29, 1.82) is 0 Å². The summed E-state index contributed by atoms with van der Waals surface area (Å²) in [5.41, 5.74) is 1.99. The van der Waals surface area contributed by atoms with Gasteiger partial charge in [-0.15, -0.1) is 0 Å². The molecule has 1 aliphatic rings. The molecule has 1 aliphatic heterocycles. The molecule has 0 N–H and O–H groups in total. The van der Waals surface area contributed by atoms with E-state index in [2.05, 4.69) is 4.98 Å². The molecule has 1 aromatic heterocycles. The summed E-state index contributed by atoms with van der Waals surface area (Å²) < 4.78 is 15.3. The lowest BCUT2D eigenvalue weighted by atomic mass is 9.95. The van der Waals surface area contributed by atoms with Gasteiger partial charge in [-0.3, -0.25) is 9.78 Å². The molecule has 0 aliphatic carbocycles. The fourth-order valence-electron chi connectivity index (χ4n) is 2.40. The van der Waals surface area contributed by atoms with Crippen molar-refractivity contribution < 1.29 is 23.8 Å². The summed E-state index contributed by atoms with van der Waals surface area (Å²) in [5.74, 6) is -0.816. The van der Waals surface area contributed by atoms with Gasteiger partial charge in [-0.2, -0.15) is 0 Å². The highest BCUT2D eigenvalue weighted by atomic mass is 16.7. The first-order chi connectivity index (χ1) is 11.0. The van der Waals surface area contributed by atoms with Gasteiger partial charge in [-0.25, -0.2) is 4.79 Å². The average molecular weight is 321 g/mol. The highest BCUT2D eigenvalue weighted by Crippen LogP contribution is 2.31. The number of aryl methyl sites for hydroxylation is 1. The van der Waals surface area contributed by atoms with Crippen LogP contribution in [0.3, 0.4) is 0 Å². The highest BCUT2D eigenvalue weighted by molar-refractivity contribution is 5.83. The van der Waals surface area contributed by atoms with E-state index < -0.39 is 18.0 Å². The molecular weight excluding hydrogens is 298 g/mol. The number of hydrogen-bond acceptors (Lipinski definition) is 6. The molecule has 2 rings (SSSR count). The van der Waals surface area contributed by atoms with Crippen molar-refractivity contribution in [1.82, 2.24) is 4.98 Å². The summed E-state index contributed by atoms with van der Waals surface area (Å²) in [6, 6.07) is 3.90. The van der Waals surface area contributed by atoms with Crippen molar-refractivity contribution >= 4 is 12.1 Å². The van der Waals surface area contributed by atoms with Crippen LogP contribution in [0.1, 0.15) is 44.1 Å². The molecule has 1 aromatic rings. The Labute approximate surface area is 136 Å². The van der Waals surface area contributed by atoms with Gasteiger partial charge < -0.3 is 14.2 Å². The second-order valence-electron chi connectivity index (χ2n) is 6.20. The fraction of sp³-hybridized carbons (Fsp3) is 0.588. The second-order valence-corrected chi connectivity index (χ2v) is 6.20. The van der Waals surface area contributed by atoms with Crippen LogP contribution in [0.25, 0.3) is 0 Å². The summed E-state index contributed by atoms with van der Waals surface area (Å²) in [7, 11) is 0. The molecule has 2 heterocycles. The van der Waals surface area contributed by atoms with Crippen molar-refractivity contribution in [3.8, 4) is 0 Å². The fourth-order valence-corrected chi connectivity index (χ4v) is 2.40. The number of carbonyl (C=O) groups is 2. The van der Waals surface area contributed by atoms with E-state index in [0.717, 1.165) is 11.3 Å². The molecule has 6 nitrogen and oxygen atoms in total. The number of ether oxygens (including phenoxy) is 3. The molecule has 0 bridgehead atoms. The third kappa shape index (κ3) is 5.32. The van der Waals surface area contributed by atoms with Gasteiger partial charge in [0.25, 0.3) is 0 Å². The Hall–Kier alpha value is -1.95. The van der Waals surface area contributed by atoms with Gasteiger partial charge >= 0.3 is 12.1 Å². The Morgan fingerprint density at radius 1 is 1.39 bits per heavy atom. The summed E-state index contributed by atoms with van der Waals surface area (Å²) in [6.45, 7) is 6.21. The van der Waals surface area contributed by atoms with E-state index >= 15 is 0 Å². The molecular formula is C17H23NO5. The monoisotopic (exact) mass is 321 g/mol. The van der Waals surface area contributed by atoms with Gasteiger partial charge in [0.15, 0.2) is 0 Å². The zero-order valence-electron chi connectivity index (χ0n) is 13.8. The third-order valence-corrected chi connectivity index (χ3v) is 3.62. The normalized spacial score (nSPS) is 21.0. The van der Waals surface area contributed by atoms with E-state index in [1.165, 1.54) is 0 Å². The van der Waals surface area contributed by atoms with Crippen molar-refractivity contribution in [3.63, 3.8) is 0 Å². The zero-order valence-corrected chi connectivity index (χ0v) is 13.8. The van der Waals surface area contributed by atoms with Crippen LogP contribution in [-0.2, 0) is 19.0 Å². The lowest BCUT2D eigenvalue weighted by Crippen LogP contribution is -2.30. The third-order valence-electron chi connectivity index (χ3n) is 3.62. The van der Waals surface area contributed by atoms with Crippen LogP contribution in [-0.4, -0.2) is 30.3 Å². The molecule has 0 saturated carbocycles.